The van der Waals surface area contributed by atoms with Crippen molar-refractivity contribution in [3.05, 3.63) is 51.2 Å². The number of nitro benzene ring substituents is 1. The molecule has 0 spiro atoms. The van der Waals surface area contributed by atoms with Gasteiger partial charge in [-0.3, -0.25) is 14.9 Å². The SMILES string of the molecule is O=C(Nc1ccnn1C1CCCC1)c1cc([N+](=O)[O-])ccc1Cl. The van der Waals surface area contributed by atoms with Gasteiger partial charge in [0.2, 0.25) is 0 Å². The van der Waals surface area contributed by atoms with Gasteiger partial charge in [0.05, 0.1) is 27.7 Å². The molecule has 7 nitrogen and oxygen atoms in total. The summed E-state index contributed by atoms with van der Waals surface area (Å²) in [5, 5.41) is 18.0. The van der Waals surface area contributed by atoms with Crippen LogP contribution in [0.1, 0.15) is 42.1 Å². The van der Waals surface area contributed by atoms with E-state index in [-0.39, 0.29) is 22.3 Å². The zero-order valence-corrected chi connectivity index (χ0v) is 13.0. The summed E-state index contributed by atoms with van der Waals surface area (Å²) in [6.45, 7) is 0. The van der Waals surface area contributed by atoms with Crippen molar-refractivity contribution in [2.45, 2.75) is 31.7 Å². The van der Waals surface area contributed by atoms with E-state index in [1.807, 2.05) is 0 Å². The van der Waals surface area contributed by atoms with Crippen LogP contribution in [0, 0.1) is 10.1 Å². The number of benzene rings is 1. The van der Waals surface area contributed by atoms with Crippen LogP contribution in [-0.4, -0.2) is 20.6 Å². The van der Waals surface area contributed by atoms with Crippen molar-refractivity contribution >= 4 is 29.0 Å². The highest BCUT2D eigenvalue weighted by Crippen LogP contribution is 2.31. The molecule has 2 aromatic rings. The molecule has 8 heteroatoms. The number of aromatic nitrogens is 2. The van der Waals surface area contributed by atoms with Crippen molar-refractivity contribution in [1.29, 1.82) is 0 Å². The molecule has 1 aliphatic rings. The van der Waals surface area contributed by atoms with Gasteiger partial charge in [-0.25, -0.2) is 4.68 Å². The molecular weight excluding hydrogens is 320 g/mol. The maximum Gasteiger partial charge on any atom is 0.270 e. The molecule has 120 valence electrons. The van der Waals surface area contributed by atoms with E-state index < -0.39 is 10.8 Å². The number of nitro groups is 1. The van der Waals surface area contributed by atoms with E-state index in [0.29, 0.717) is 5.82 Å². The Morgan fingerprint density at radius 2 is 2.09 bits per heavy atom. The Kier molecular flexibility index (Phi) is 4.29. The quantitative estimate of drug-likeness (QED) is 0.680. The minimum absolute atomic E-state index is 0.0695. The second-order valence-corrected chi connectivity index (χ2v) is 5.88. The molecule has 1 N–H and O–H groups in total. The third-order valence-corrected chi connectivity index (χ3v) is 4.32. The van der Waals surface area contributed by atoms with E-state index in [2.05, 4.69) is 10.4 Å². The number of halogens is 1. The van der Waals surface area contributed by atoms with Crippen LogP contribution in [-0.2, 0) is 0 Å². The average Bonchev–Trinajstić information content (AvgIpc) is 3.17. The zero-order valence-electron chi connectivity index (χ0n) is 12.2. The molecule has 0 atom stereocenters. The van der Waals surface area contributed by atoms with Gasteiger partial charge in [0.25, 0.3) is 11.6 Å². The molecule has 3 rings (SSSR count). The van der Waals surface area contributed by atoms with Crippen LogP contribution in [0.15, 0.2) is 30.5 Å². The van der Waals surface area contributed by atoms with Crippen molar-refractivity contribution < 1.29 is 9.72 Å². The summed E-state index contributed by atoms with van der Waals surface area (Å²) in [4.78, 5) is 22.7. The molecule has 1 fully saturated rings. The lowest BCUT2D eigenvalue weighted by atomic mass is 10.2. The molecule has 1 heterocycles. The van der Waals surface area contributed by atoms with Gasteiger partial charge >= 0.3 is 0 Å². The average molecular weight is 335 g/mol. The predicted octanol–water partition coefficient (Wildman–Crippen LogP) is 3.81. The third kappa shape index (κ3) is 3.19. The van der Waals surface area contributed by atoms with Crippen molar-refractivity contribution in [2.24, 2.45) is 0 Å². The lowest BCUT2D eigenvalue weighted by Gasteiger charge is -2.14. The Balaban J connectivity index is 1.84. The summed E-state index contributed by atoms with van der Waals surface area (Å²) >= 11 is 6.00. The Labute approximate surface area is 137 Å². The Hall–Kier alpha value is -2.41. The minimum Gasteiger partial charge on any atom is -0.307 e. The molecular formula is C15H15ClN4O3. The van der Waals surface area contributed by atoms with Crippen LogP contribution >= 0.6 is 11.6 Å². The number of carbonyl (C=O) groups excluding carboxylic acids is 1. The van der Waals surface area contributed by atoms with Gasteiger partial charge < -0.3 is 5.32 Å². The first-order chi connectivity index (χ1) is 11.1. The number of carbonyl (C=O) groups is 1. The number of anilines is 1. The zero-order chi connectivity index (χ0) is 16.4. The molecule has 23 heavy (non-hydrogen) atoms. The van der Waals surface area contributed by atoms with Crippen molar-refractivity contribution in [3.63, 3.8) is 0 Å². The van der Waals surface area contributed by atoms with Gasteiger partial charge in [-0.15, -0.1) is 0 Å². The fourth-order valence-electron chi connectivity index (χ4n) is 2.84. The smallest absolute Gasteiger partial charge is 0.270 e. The first-order valence-electron chi connectivity index (χ1n) is 7.35. The summed E-state index contributed by atoms with van der Waals surface area (Å²) in [5.41, 5.74) is -0.108. The number of non-ortho nitro benzene ring substituents is 1. The van der Waals surface area contributed by atoms with Gasteiger partial charge in [0.1, 0.15) is 5.82 Å². The van der Waals surface area contributed by atoms with Crippen molar-refractivity contribution in [2.75, 3.05) is 5.32 Å². The van der Waals surface area contributed by atoms with E-state index >= 15 is 0 Å². The number of hydrogen-bond donors (Lipinski definition) is 1. The van der Waals surface area contributed by atoms with Crippen LogP contribution < -0.4 is 5.32 Å². The first-order valence-corrected chi connectivity index (χ1v) is 7.73. The van der Waals surface area contributed by atoms with Gasteiger partial charge in [-0.05, 0) is 18.9 Å². The Morgan fingerprint density at radius 1 is 1.35 bits per heavy atom. The van der Waals surface area contributed by atoms with Gasteiger partial charge in [0.15, 0.2) is 0 Å². The fourth-order valence-corrected chi connectivity index (χ4v) is 3.04. The minimum atomic E-state index is -0.560. The lowest BCUT2D eigenvalue weighted by molar-refractivity contribution is -0.384. The lowest BCUT2D eigenvalue weighted by Crippen LogP contribution is -2.18. The predicted molar refractivity (Wildman–Crippen MR) is 85.8 cm³/mol. The summed E-state index contributed by atoms with van der Waals surface area (Å²) in [6, 6.07) is 5.78. The van der Waals surface area contributed by atoms with E-state index in [9.17, 15) is 14.9 Å². The van der Waals surface area contributed by atoms with E-state index in [1.54, 1.807) is 16.9 Å². The Bertz CT molecular complexity index is 753. The maximum atomic E-state index is 12.4. The van der Waals surface area contributed by atoms with Gasteiger partial charge in [-0.1, -0.05) is 24.4 Å². The van der Waals surface area contributed by atoms with Gasteiger partial charge in [0, 0.05) is 18.2 Å². The van der Waals surface area contributed by atoms with Gasteiger partial charge in [-0.2, -0.15) is 5.10 Å². The van der Waals surface area contributed by atoms with E-state index in [4.69, 9.17) is 11.6 Å². The van der Waals surface area contributed by atoms with E-state index in [1.165, 1.54) is 18.2 Å². The number of nitrogens with zero attached hydrogens (tertiary/aromatic N) is 3. The fraction of sp³-hybridized carbons (Fsp3) is 0.333. The number of nitrogens with one attached hydrogen (secondary N) is 1. The molecule has 0 saturated heterocycles. The molecule has 0 bridgehead atoms. The summed E-state index contributed by atoms with van der Waals surface area (Å²) in [5.74, 6) is 0.0860. The molecule has 0 aliphatic heterocycles. The largest absolute Gasteiger partial charge is 0.307 e. The highest BCUT2D eigenvalue weighted by Gasteiger charge is 2.22. The second-order valence-electron chi connectivity index (χ2n) is 5.47. The summed E-state index contributed by atoms with van der Waals surface area (Å²) in [6.07, 6.45) is 5.98. The molecule has 0 radical (unpaired) electrons. The van der Waals surface area contributed by atoms with Crippen LogP contribution in [0.4, 0.5) is 11.5 Å². The highest BCUT2D eigenvalue weighted by atomic mass is 35.5. The highest BCUT2D eigenvalue weighted by molar-refractivity contribution is 6.34. The molecule has 1 aliphatic carbocycles. The van der Waals surface area contributed by atoms with E-state index in [0.717, 1.165) is 25.7 Å². The van der Waals surface area contributed by atoms with Crippen LogP contribution in [0.3, 0.4) is 0 Å². The maximum absolute atomic E-state index is 12.4. The number of hydrogen-bond acceptors (Lipinski definition) is 4. The summed E-state index contributed by atoms with van der Waals surface area (Å²) in [7, 11) is 0. The normalized spacial score (nSPS) is 14.8. The molecule has 1 aromatic heterocycles. The second kappa shape index (κ2) is 6.37. The van der Waals surface area contributed by atoms with Crippen LogP contribution in [0.25, 0.3) is 0 Å². The van der Waals surface area contributed by atoms with Crippen LogP contribution in [0.2, 0.25) is 5.02 Å². The topological polar surface area (TPSA) is 90.1 Å². The molecule has 0 unspecified atom stereocenters. The summed E-state index contributed by atoms with van der Waals surface area (Å²) < 4.78 is 1.80. The van der Waals surface area contributed by atoms with Crippen LogP contribution in [0.5, 0.6) is 0 Å². The first kappa shape index (κ1) is 15.5. The molecule has 1 saturated carbocycles. The standard InChI is InChI=1S/C15H15ClN4O3/c16-13-6-5-11(20(22)23)9-12(13)15(21)18-14-7-8-17-19(14)10-3-1-2-4-10/h5-10H,1-4H2,(H,18,21). The van der Waals surface area contributed by atoms with Crippen molar-refractivity contribution in [1.82, 2.24) is 9.78 Å². The third-order valence-electron chi connectivity index (χ3n) is 3.99. The molecule has 1 aromatic carbocycles. The number of rotatable bonds is 4. The number of amides is 1. The van der Waals surface area contributed by atoms with Crippen molar-refractivity contribution in [3.8, 4) is 0 Å². The Morgan fingerprint density at radius 3 is 2.78 bits per heavy atom. The molecule has 1 amide bonds. The monoisotopic (exact) mass is 334 g/mol.